The van der Waals surface area contributed by atoms with E-state index in [1.807, 2.05) is 36.4 Å². The Morgan fingerprint density at radius 2 is 1.88 bits per heavy atom. The van der Waals surface area contributed by atoms with Crippen molar-refractivity contribution in [1.82, 2.24) is 20.3 Å². The van der Waals surface area contributed by atoms with Gasteiger partial charge in [0.1, 0.15) is 5.52 Å². The highest BCUT2D eigenvalue weighted by Gasteiger charge is 2.21. The Labute approximate surface area is 143 Å². The molecule has 0 atom stereocenters. The number of para-hydroxylation sites is 2. The first-order chi connectivity index (χ1) is 11.8. The van der Waals surface area contributed by atoms with E-state index in [9.17, 15) is 0 Å². The Morgan fingerprint density at radius 3 is 2.67 bits per heavy atom. The highest BCUT2D eigenvalue weighted by molar-refractivity contribution is 7.80. The molecule has 4 aromatic rings. The fraction of sp³-hybridized carbons (Fsp3) is 0.167. The lowest BCUT2D eigenvalue weighted by Crippen LogP contribution is -2.30. The molecular formula is C18H15N5S. The molecule has 0 amide bonds. The molecule has 1 fully saturated rings. The first-order valence-electron chi connectivity index (χ1n) is 8.02. The molecule has 0 saturated heterocycles. The van der Waals surface area contributed by atoms with E-state index in [0.717, 1.165) is 38.8 Å². The summed E-state index contributed by atoms with van der Waals surface area (Å²) in [7, 11) is 0. The van der Waals surface area contributed by atoms with E-state index < -0.39 is 0 Å². The number of hydrogen-bond donors (Lipinski definition) is 3. The summed E-state index contributed by atoms with van der Waals surface area (Å²) in [5.74, 6) is 0. The van der Waals surface area contributed by atoms with Crippen LogP contribution >= 0.6 is 12.2 Å². The average Bonchev–Trinajstić information content (AvgIpc) is 3.32. The van der Waals surface area contributed by atoms with Gasteiger partial charge >= 0.3 is 0 Å². The molecule has 0 radical (unpaired) electrons. The number of nitrogens with one attached hydrogen (secondary N) is 3. The van der Waals surface area contributed by atoms with E-state index in [1.165, 1.54) is 12.8 Å². The minimum Gasteiger partial charge on any atom is -0.360 e. The van der Waals surface area contributed by atoms with Crippen molar-refractivity contribution in [3.05, 3.63) is 42.5 Å². The lowest BCUT2D eigenvalue weighted by Gasteiger charge is -2.09. The quantitative estimate of drug-likeness (QED) is 0.488. The van der Waals surface area contributed by atoms with E-state index >= 15 is 0 Å². The number of anilines is 1. The van der Waals surface area contributed by atoms with Gasteiger partial charge in [0.25, 0.3) is 0 Å². The maximum Gasteiger partial charge on any atom is 0.170 e. The Kier molecular flexibility index (Phi) is 2.93. The normalized spacial score (nSPS) is 14.3. The molecule has 0 aliphatic heterocycles. The zero-order valence-corrected chi connectivity index (χ0v) is 13.7. The maximum atomic E-state index is 5.36. The van der Waals surface area contributed by atoms with Crippen LogP contribution in [-0.2, 0) is 0 Å². The summed E-state index contributed by atoms with van der Waals surface area (Å²) in [5, 5.41) is 8.26. The lowest BCUT2D eigenvalue weighted by molar-refractivity contribution is 0.919. The van der Waals surface area contributed by atoms with E-state index in [2.05, 4.69) is 26.7 Å². The van der Waals surface area contributed by atoms with Gasteiger partial charge in [-0.2, -0.15) is 0 Å². The van der Waals surface area contributed by atoms with Crippen LogP contribution in [0.1, 0.15) is 12.8 Å². The van der Waals surface area contributed by atoms with Gasteiger partial charge in [-0.3, -0.25) is 0 Å². The molecule has 5 rings (SSSR count). The van der Waals surface area contributed by atoms with Crippen LogP contribution in [0, 0.1) is 0 Å². The topological polar surface area (TPSA) is 65.6 Å². The largest absolute Gasteiger partial charge is 0.360 e. The zero-order chi connectivity index (χ0) is 16.1. The molecular weight excluding hydrogens is 318 g/mol. The van der Waals surface area contributed by atoms with Crippen molar-refractivity contribution in [3.8, 4) is 0 Å². The van der Waals surface area contributed by atoms with Gasteiger partial charge in [-0.15, -0.1) is 0 Å². The second kappa shape index (κ2) is 5.14. The van der Waals surface area contributed by atoms with E-state index in [0.29, 0.717) is 11.2 Å². The van der Waals surface area contributed by atoms with Gasteiger partial charge in [0.2, 0.25) is 0 Å². The van der Waals surface area contributed by atoms with Crippen LogP contribution in [-0.4, -0.2) is 26.1 Å². The van der Waals surface area contributed by atoms with Gasteiger partial charge in [0.05, 0.1) is 11.0 Å². The number of aromatic amines is 1. The number of aromatic nitrogens is 3. The Bertz CT molecular complexity index is 1100. The molecule has 2 aromatic carbocycles. The maximum absolute atomic E-state index is 5.36. The third-order valence-corrected chi connectivity index (χ3v) is 4.49. The third-order valence-electron chi connectivity index (χ3n) is 4.27. The molecule has 1 aliphatic rings. The molecule has 6 heteroatoms. The molecule has 0 unspecified atom stereocenters. The van der Waals surface area contributed by atoms with Gasteiger partial charge in [0.15, 0.2) is 10.8 Å². The second-order valence-corrected chi connectivity index (χ2v) is 6.58. The number of nitrogens with zero attached hydrogens (tertiary/aromatic N) is 2. The number of fused-ring (bicyclic) bond motifs is 4. The predicted molar refractivity (Wildman–Crippen MR) is 101 cm³/mol. The summed E-state index contributed by atoms with van der Waals surface area (Å²) >= 11 is 5.36. The first-order valence-corrected chi connectivity index (χ1v) is 8.43. The summed E-state index contributed by atoms with van der Waals surface area (Å²) in [4.78, 5) is 12.8. The number of H-pyrrole nitrogens is 1. The van der Waals surface area contributed by atoms with Crippen LogP contribution in [0.2, 0.25) is 0 Å². The van der Waals surface area contributed by atoms with Crippen LogP contribution in [0.25, 0.3) is 33.1 Å². The third kappa shape index (κ3) is 2.35. The van der Waals surface area contributed by atoms with Crippen LogP contribution in [0.5, 0.6) is 0 Å². The van der Waals surface area contributed by atoms with Crippen LogP contribution < -0.4 is 10.6 Å². The van der Waals surface area contributed by atoms with Gasteiger partial charge in [-0.05, 0) is 55.4 Å². The van der Waals surface area contributed by atoms with Gasteiger partial charge < -0.3 is 15.6 Å². The van der Waals surface area contributed by atoms with Crippen molar-refractivity contribution < 1.29 is 0 Å². The molecule has 5 nitrogen and oxygen atoms in total. The molecule has 118 valence electrons. The minimum absolute atomic E-state index is 0.541. The zero-order valence-electron chi connectivity index (χ0n) is 12.8. The Hall–Kier alpha value is -2.73. The van der Waals surface area contributed by atoms with Crippen LogP contribution in [0.4, 0.5) is 5.69 Å². The van der Waals surface area contributed by atoms with Crippen molar-refractivity contribution in [2.75, 3.05) is 5.32 Å². The van der Waals surface area contributed by atoms with Crippen LogP contribution in [0.15, 0.2) is 42.5 Å². The molecule has 0 spiro atoms. The predicted octanol–water partition coefficient (Wildman–Crippen LogP) is 3.71. The lowest BCUT2D eigenvalue weighted by atomic mass is 10.2. The number of thiocarbonyl (C=S) groups is 1. The summed E-state index contributed by atoms with van der Waals surface area (Å²) in [6.07, 6.45) is 2.40. The van der Waals surface area contributed by atoms with Crippen molar-refractivity contribution in [2.24, 2.45) is 0 Å². The number of hydrogen-bond acceptors (Lipinski definition) is 3. The van der Waals surface area contributed by atoms with Crippen molar-refractivity contribution in [2.45, 2.75) is 18.9 Å². The van der Waals surface area contributed by atoms with E-state index in [4.69, 9.17) is 17.2 Å². The molecule has 3 N–H and O–H groups in total. The van der Waals surface area contributed by atoms with Gasteiger partial charge in [0, 0.05) is 22.6 Å². The van der Waals surface area contributed by atoms with E-state index in [-0.39, 0.29) is 0 Å². The number of benzene rings is 2. The first kappa shape index (κ1) is 13.7. The SMILES string of the molecule is S=C(Nc1ccc2[nH]c3nc4ccccc4nc3c2c1)NC1CC1. The standard InChI is InChI=1S/C18H15N5S/c24-18(19-10-5-6-10)20-11-7-8-13-12(9-11)16-17(22-13)23-15-4-2-1-3-14(15)21-16/h1-4,7-10H,5-6H2,(H,22,23)(H2,19,20,24). The molecule has 1 saturated carbocycles. The second-order valence-electron chi connectivity index (χ2n) is 6.17. The highest BCUT2D eigenvalue weighted by atomic mass is 32.1. The molecule has 0 bridgehead atoms. The van der Waals surface area contributed by atoms with Gasteiger partial charge in [-0.1, -0.05) is 12.1 Å². The van der Waals surface area contributed by atoms with Gasteiger partial charge in [-0.25, -0.2) is 9.97 Å². The monoisotopic (exact) mass is 333 g/mol. The molecule has 1 aliphatic carbocycles. The summed E-state index contributed by atoms with van der Waals surface area (Å²) in [6, 6.07) is 14.6. The van der Waals surface area contributed by atoms with Crippen molar-refractivity contribution in [1.29, 1.82) is 0 Å². The molecule has 2 aromatic heterocycles. The summed E-state index contributed by atoms with van der Waals surface area (Å²) < 4.78 is 0. The van der Waals surface area contributed by atoms with E-state index in [1.54, 1.807) is 0 Å². The molecule has 2 heterocycles. The fourth-order valence-electron chi connectivity index (χ4n) is 2.91. The number of rotatable bonds is 2. The van der Waals surface area contributed by atoms with Crippen molar-refractivity contribution in [3.63, 3.8) is 0 Å². The average molecular weight is 333 g/mol. The summed E-state index contributed by atoms with van der Waals surface area (Å²) in [6.45, 7) is 0. The minimum atomic E-state index is 0.541. The smallest absolute Gasteiger partial charge is 0.170 e. The van der Waals surface area contributed by atoms with Crippen molar-refractivity contribution >= 4 is 56.1 Å². The highest BCUT2D eigenvalue weighted by Crippen LogP contribution is 2.27. The summed E-state index contributed by atoms with van der Waals surface area (Å²) in [5.41, 5.74) is 5.45. The fourth-order valence-corrected chi connectivity index (χ4v) is 3.19. The Balaban J connectivity index is 1.60. The Morgan fingerprint density at radius 1 is 1.08 bits per heavy atom. The molecule has 24 heavy (non-hydrogen) atoms. The van der Waals surface area contributed by atoms with Crippen LogP contribution in [0.3, 0.4) is 0 Å².